The van der Waals surface area contributed by atoms with Crippen molar-refractivity contribution >= 4 is 11.9 Å². The van der Waals surface area contributed by atoms with Gasteiger partial charge in [0.25, 0.3) is 0 Å². The summed E-state index contributed by atoms with van der Waals surface area (Å²) in [7, 11) is 1.36. The molecule has 0 fully saturated rings. The molecule has 0 aliphatic carbocycles. The van der Waals surface area contributed by atoms with Crippen LogP contribution in [0.15, 0.2) is 18.2 Å². The van der Waals surface area contributed by atoms with Crippen LogP contribution in [0, 0.1) is 6.92 Å². The predicted octanol–water partition coefficient (Wildman–Crippen LogP) is 1.73. The summed E-state index contributed by atoms with van der Waals surface area (Å²) in [6, 6.07) is 5.62. The number of hydrogen-bond donors (Lipinski definition) is 1. The Hall–Kier alpha value is -1.84. The van der Waals surface area contributed by atoms with Gasteiger partial charge in [0, 0.05) is 6.42 Å². The molecule has 1 N–H and O–H groups in total. The second-order valence-corrected chi connectivity index (χ2v) is 3.97. The van der Waals surface area contributed by atoms with Gasteiger partial charge in [-0.3, -0.25) is 9.59 Å². The molecule has 92 valence electrons. The Morgan fingerprint density at radius 1 is 1.24 bits per heavy atom. The van der Waals surface area contributed by atoms with E-state index in [1.54, 1.807) is 0 Å². The van der Waals surface area contributed by atoms with E-state index in [-0.39, 0.29) is 12.4 Å². The number of ether oxygens (including phenoxy) is 1. The van der Waals surface area contributed by atoms with Crippen molar-refractivity contribution in [2.24, 2.45) is 0 Å². The van der Waals surface area contributed by atoms with Crippen molar-refractivity contribution in [1.82, 2.24) is 0 Å². The van der Waals surface area contributed by atoms with E-state index in [2.05, 4.69) is 4.74 Å². The van der Waals surface area contributed by atoms with Crippen LogP contribution >= 0.6 is 0 Å². The summed E-state index contributed by atoms with van der Waals surface area (Å²) in [5.74, 6) is -1.11. The quantitative estimate of drug-likeness (QED) is 0.791. The zero-order chi connectivity index (χ0) is 12.8. The van der Waals surface area contributed by atoms with Crippen molar-refractivity contribution in [2.45, 2.75) is 26.2 Å². The van der Waals surface area contributed by atoms with Gasteiger partial charge in [-0.25, -0.2) is 0 Å². The molecule has 0 saturated carbocycles. The average molecular weight is 236 g/mol. The standard InChI is InChI=1S/C13H16O4/c1-9-5-10(3-4-13(16)17-2)7-11(6-9)8-12(14)15/h5-7H,3-4,8H2,1-2H3,(H,14,15). The van der Waals surface area contributed by atoms with Crippen molar-refractivity contribution in [2.75, 3.05) is 7.11 Å². The van der Waals surface area contributed by atoms with Gasteiger partial charge >= 0.3 is 11.9 Å². The molecule has 0 spiro atoms. The highest BCUT2D eigenvalue weighted by Gasteiger charge is 2.05. The lowest BCUT2D eigenvalue weighted by atomic mass is 10.0. The summed E-state index contributed by atoms with van der Waals surface area (Å²) >= 11 is 0. The summed E-state index contributed by atoms with van der Waals surface area (Å²) < 4.78 is 4.56. The Kier molecular flexibility index (Phi) is 4.69. The van der Waals surface area contributed by atoms with Crippen LogP contribution in [0.1, 0.15) is 23.1 Å². The fourth-order valence-electron chi connectivity index (χ4n) is 1.72. The van der Waals surface area contributed by atoms with Crippen LogP contribution in [0.3, 0.4) is 0 Å². The van der Waals surface area contributed by atoms with Gasteiger partial charge < -0.3 is 9.84 Å². The van der Waals surface area contributed by atoms with Gasteiger partial charge in [-0.1, -0.05) is 23.8 Å². The van der Waals surface area contributed by atoms with Crippen LogP contribution in [0.2, 0.25) is 0 Å². The molecule has 0 aliphatic rings. The lowest BCUT2D eigenvalue weighted by Gasteiger charge is -2.05. The van der Waals surface area contributed by atoms with Gasteiger partial charge in [0.1, 0.15) is 0 Å². The van der Waals surface area contributed by atoms with Gasteiger partial charge in [-0.2, -0.15) is 0 Å². The Labute approximate surface area is 100 Å². The molecule has 1 aromatic rings. The minimum atomic E-state index is -0.852. The Bertz CT molecular complexity index is 423. The van der Waals surface area contributed by atoms with Gasteiger partial charge in [-0.05, 0) is 24.5 Å². The first-order valence-corrected chi connectivity index (χ1v) is 5.39. The lowest BCUT2D eigenvalue weighted by molar-refractivity contribution is -0.140. The topological polar surface area (TPSA) is 63.6 Å². The van der Waals surface area contributed by atoms with Crippen LogP contribution < -0.4 is 0 Å². The molecule has 17 heavy (non-hydrogen) atoms. The predicted molar refractivity (Wildman–Crippen MR) is 62.9 cm³/mol. The molecular formula is C13H16O4. The summed E-state index contributed by atoms with van der Waals surface area (Å²) in [5, 5.41) is 8.73. The van der Waals surface area contributed by atoms with E-state index in [4.69, 9.17) is 5.11 Å². The monoisotopic (exact) mass is 236 g/mol. The molecule has 0 atom stereocenters. The van der Waals surface area contributed by atoms with Crippen LogP contribution in [-0.4, -0.2) is 24.2 Å². The number of hydrogen-bond acceptors (Lipinski definition) is 3. The minimum Gasteiger partial charge on any atom is -0.481 e. The molecule has 0 heterocycles. The third-order valence-corrected chi connectivity index (χ3v) is 2.40. The molecule has 1 rings (SSSR count). The van der Waals surface area contributed by atoms with Crippen LogP contribution in [0.25, 0.3) is 0 Å². The number of carbonyl (C=O) groups excluding carboxylic acids is 1. The number of methoxy groups -OCH3 is 1. The lowest BCUT2D eigenvalue weighted by Crippen LogP contribution is -2.04. The summed E-state index contributed by atoms with van der Waals surface area (Å²) in [5.41, 5.74) is 2.73. The Balaban J connectivity index is 2.75. The fourth-order valence-corrected chi connectivity index (χ4v) is 1.72. The van der Waals surface area contributed by atoms with Crippen molar-refractivity contribution < 1.29 is 19.4 Å². The van der Waals surface area contributed by atoms with E-state index in [1.807, 2.05) is 25.1 Å². The molecule has 0 radical (unpaired) electrons. The van der Waals surface area contributed by atoms with E-state index in [1.165, 1.54) is 7.11 Å². The van der Waals surface area contributed by atoms with Gasteiger partial charge in [0.2, 0.25) is 0 Å². The van der Waals surface area contributed by atoms with E-state index in [9.17, 15) is 9.59 Å². The first-order valence-electron chi connectivity index (χ1n) is 5.39. The van der Waals surface area contributed by atoms with Crippen LogP contribution in [-0.2, 0) is 27.2 Å². The van der Waals surface area contributed by atoms with Crippen molar-refractivity contribution in [3.05, 3.63) is 34.9 Å². The molecule has 4 nitrogen and oxygen atoms in total. The third kappa shape index (κ3) is 4.68. The smallest absolute Gasteiger partial charge is 0.307 e. The molecule has 0 saturated heterocycles. The molecule has 0 amide bonds. The molecule has 0 aliphatic heterocycles. The largest absolute Gasteiger partial charge is 0.481 e. The van der Waals surface area contributed by atoms with Gasteiger partial charge in [0.15, 0.2) is 0 Å². The third-order valence-electron chi connectivity index (χ3n) is 2.40. The molecule has 0 unspecified atom stereocenters. The maximum atomic E-state index is 11.0. The Morgan fingerprint density at radius 2 is 1.88 bits per heavy atom. The number of aryl methyl sites for hydroxylation is 2. The number of benzene rings is 1. The number of aliphatic carboxylic acids is 1. The number of carboxylic acids is 1. The van der Waals surface area contributed by atoms with Crippen molar-refractivity contribution in [3.63, 3.8) is 0 Å². The number of carbonyl (C=O) groups is 2. The first kappa shape index (κ1) is 13.2. The van der Waals surface area contributed by atoms with Gasteiger partial charge in [0.05, 0.1) is 13.5 Å². The van der Waals surface area contributed by atoms with E-state index >= 15 is 0 Å². The zero-order valence-electron chi connectivity index (χ0n) is 10.0. The molecule has 0 bridgehead atoms. The normalized spacial score (nSPS) is 10.0. The minimum absolute atomic E-state index is 0.00685. The highest BCUT2D eigenvalue weighted by Crippen LogP contribution is 2.12. The van der Waals surface area contributed by atoms with Crippen LogP contribution in [0.5, 0.6) is 0 Å². The first-order chi connectivity index (χ1) is 8.01. The van der Waals surface area contributed by atoms with Crippen LogP contribution in [0.4, 0.5) is 0 Å². The highest BCUT2D eigenvalue weighted by atomic mass is 16.5. The second-order valence-electron chi connectivity index (χ2n) is 3.97. The van der Waals surface area contributed by atoms with E-state index in [0.29, 0.717) is 12.8 Å². The second kappa shape index (κ2) is 6.03. The fraction of sp³-hybridized carbons (Fsp3) is 0.385. The number of esters is 1. The molecule has 0 aromatic heterocycles. The summed E-state index contributed by atoms with van der Waals surface area (Å²) in [6.45, 7) is 1.91. The molecule has 1 aromatic carbocycles. The van der Waals surface area contributed by atoms with Crippen molar-refractivity contribution in [1.29, 1.82) is 0 Å². The average Bonchev–Trinajstić information content (AvgIpc) is 2.24. The van der Waals surface area contributed by atoms with E-state index in [0.717, 1.165) is 16.7 Å². The van der Waals surface area contributed by atoms with E-state index < -0.39 is 5.97 Å². The number of rotatable bonds is 5. The van der Waals surface area contributed by atoms with Crippen molar-refractivity contribution in [3.8, 4) is 0 Å². The number of carboxylic acid groups (broad SMARTS) is 1. The maximum Gasteiger partial charge on any atom is 0.307 e. The summed E-state index contributed by atoms with van der Waals surface area (Å²) in [4.78, 5) is 21.6. The zero-order valence-corrected chi connectivity index (χ0v) is 10.0. The van der Waals surface area contributed by atoms with Gasteiger partial charge in [-0.15, -0.1) is 0 Å². The summed E-state index contributed by atoms with van der Waals surface area (Å²) in [6.07, 6.45) is 0.889. The highest BCUT2D eigenvalue weighted by molar-refractivity contribution is 5.71. The Morgan fingerprint density at radius 3 is 2.47 bits per heavy atom. The molecule has 4 heteroatoms. The SMILES string of the molecule is COC(=O)CCc1cc(C)cc(CC(=O)O)c1. The molecular weight excluding hydrogens is 220 g/mol. The maximum absolute atomic E-state index is 11.0.